The molecule has 1 aromatic carbocycles. The van der Waals surface area contributed by atoms with Gasteiger partial charge in [0, 0.05) is 30.9 Å². The SMILES string of the molecule is CCCCCCCCN(CCCCCCCC)c1ccc([N+]#N)cc1. The highest BCUT2D eigenvalue weighted by Crippen LogP contribution is 2.21. The van der Waals surface area contributed by atoms with E-state index in [1.807, 2.05) is 12.1 Å². The summed E-state index contributed by atoms with van der Waals surface area (Å²) in [5.74, 6) is 0. The summed E-state index contributed by atoms with van der Waals surface area (Å²) in [6.45, 7) is 6.81. The van der Waals surface area contributed by atoms with Gasteiger partial charge in [0.05, 0.1) is 0 Å². The third kappa shape index (κ3) is 10.1. The van der Waals surface area contributed by atoms with Gasteiger partial charge >= 0.3 is 5.69 Å². The summed E-state index contributed by atoms with van der Waals surface area (Å²) in [7, 11) is 0. The monoisotopic (exact) mass is 344 g/mol. The van der Waals surface area contributed by atoms with Gasteiger partial charge < -0.3 is 4.90 Å². The Morgan fingerprint density at radius 1 is 0.680 bits per heavy atom. The van der Waals surface area contributed by atoms with Crippen molar-refractivity contribution in [2.24, 2.45) is 0 Å². The Morgan fingerprint density at radius 3 is 1.56 bits per heavy atom. The Bertz CT molecular complexity index is 445. The van der Waals surface area contributed by atoms with Crippen LogP contribution in [0.4, 0.5) is 11.4 Å². The van der Waals surface area contributed by atoms with Crippen molar-refractivity contribution in [3.8, 4) is 0 Å². The Kier molecular flexibility index (Phi) is 12.7. The first-order valence-electron chi connectivity index (χ1n) is 10.5. The Labute approximate surface area is 155 Å². The summed E-state index contributed by atoms with van der Waals surface area (Å²) in [5, 5.41) is 8.87. The van der Waals surface area contributed by atoms with Gasteiger partial charge in [-0.2, -0.15) is 0 Å². The van der Waals surface area contributed by atoms with Crippen molar-refractivity contribution in [2.45, 2.75) is 90.9 Å². The molecule has 0 heterocycles. The molecule has 25 heavy (non-hydrogen) atoms. The smallest absolute Gasteiger partial charge is 0.372 e. The number of nitrogens with zero attached hydrogens (tertiary/aromatic N) is 3. The molecule has 0 N–H and O–H groups in total. The van der Waals surface area contributed by atoms with Gasteiger partial charge in [-0.15, -0.1) is 0 Å². The number of rotatable bonds is 15. The average Bonchev–Trinajstić information content (AvgIpc) is 2.65. The molecule has 0 fully saturated rings. The zero-order chi connectivity index (χ0) is 18.2. The predicted octanol–water partition coefficient (Wildman–Crippen LogP) is 7.70. The molecule has 0 unspecified atom stereocenters. The third-order valence-electron chi connectivity index (χ3n) is 4.89. The molecule has 0 aliphatic rings. The van der Waals surface area contributed by atoms with Gasteiger partial charge in [0.2, 0.25) is 5.39 Å². The molecule has 140 valence electrons. The molecule has 0 aliphatic heterocycles. The lowest BCUT2D eigenvalue weighted by atomic mass is 10.1. The van der Waals surface area contributed by atoms with Crippen LogP contribution in [0.25, 0.3) is 4.98 Å². The highest BCUT2D eigenvalue weighted by atomic mass is 15.1. The van der Waals surface area contributed by atoms with Crippen LogP contribution in [-0.4, -0.2) is 13.1 Å². The topological polar surface area (TPSA) is 31.4 Å². The van der Waals surface area contributed by atoms with E-state index in [1.165, 1.54) is 82.7 Å². The summed E-state index contributed by atoms with van der Waals surface area (Å²) < 4.78 is 0. The number of anilines is 1. The largest absolute Gasteiger partial charge is 0.385 e. The molecular weight excluding hydrogens is 306 g/mol. The maximum absolute atomic E-state index is 8.87. The maximum atomic E-state index is 8.87. The molecule has 1 rings (SSSR count). The van der Waals surface area contributed by atoms with E-state index in [-0.39, 0.29) is 0 Å². The Balaban J connectivity index is 2.41. The minimum absolute atomic E-state index is 0.628. The molecule has 0 radical (unpaired) electrons. The average molecular weight is 345 g/mol. The highest BCUT2D eigenvalue weighted by molar-refractivity contribution is 5.55. The summed E-state index contributed by atoms with van der Waals surface area (Å²) >= 11 is 0. The number of unbranched alkanes of at least 4 members (excludes halogenated alkanes) is 10. The van der Waals surface area contributed by atoms with Crippen molar-refractivity contribution in [3.63, 3.8) is 0 Å². The van der Waals surface area contributed by atoms with Crippen LogP contribution in [0.3, 0.4) is 0 Å². The first-order valence-corrected chi connectivity index (χ1v) is 10.5. The van der Waals surface area contributed by atoms with Crippen LogP contribution in [0, 0.1) is 5.39 Å². The van der Waals surface area contributed by atoms with Gasteiger partial charge in [0.25, 0.3) is 0 Å². The van der Waals surface area contributed by atoms with E-state index < -0.39 is 0 Å². The van der Waals surface area contributed by atoms with Crippen LogP contribution in [0.1, 0.15) is 90.9 Å². The molecule has 3 nitrogen and oxygen atoms in total. The van der Waals surface area contributed by atoms with Gasteiger partial charge in [0.1, 0.15) is 0 Å². The van der Waals surface area contributed by atoms with Gasteiger partial charge in [-0.25, -0.2) is 0 Å². The molecule has 0 amide bonds. The van der Waals surface area contributed by atoms with Crippen molar-refractivity contribution < 1.29 is 0 Å². The molecule has 0 atom stereocenters. The normalized spacial score (nSPS) is 10.6. The molecule has 0 aliphatic carbocycles. The van der Waals surface area contributed by atoms with Crippen LogP contribution in [0.15, 0.2) is 24.3 Å². The third-order valence-corrected chi connectivity index (χ3v) is 4.89. The predicted molar refractivity (Wildman–Crippen MR) is 110 cm³/mol. The lowest BCUT2D eigenvalue weighted by Crippen LogP contribution is -2.25. The van der Waals surface area contributed by atoms with Crippen molar-refractivity contribution in [1.29, 1.82) is 5.39 Å². The van der Waals surface area contributed by atoms with Crippen LogP contribution >= 0.6 is 0 Å². The van der Waals surface area contributed by atoms with E-state index in [0.29, 0.717) is 5.69 Å². The lowest BCUT2D eigenvalue weighted by Gasteiger charge is -2.25. The van der Waals surface area contributed by atoms with E-state index in [4.69, 9.17) is 5.39 Å². The van der Waals surface area contributed by atoms with E-state index in [1.54, 1.807) is 0 Å². The number of hydrogen-bond donors (Lipinski definition) is 0. The Hall–Kier alpha value is -1.56. The molecule has 0 spiro atoms. The fraction of sp³-hybridized carbons (Fsp3) is 0.727. The van der Waals surface area contributed by atoms with Crippen molar-refractivity contribution >= 4 is 11.4 Å². The van der Waals surface area contributed by atoms with Gasteiger partial charge in [0.15, 0.2) is 4.98 Å². The van der Waals surface area contributed by atoms with Crippen LogP contribution < -0.4 is 4.90 Å². The lowest BCUT2D eigenvalue weighted by molar-refractivity contribution is 0.575. The van der Waals surface area contributed by atoms with Crippen molar-refractivity contribution in [1.82, 2.24) is 0 Å². The van der Waals surface area contributed by atoms with Gasteiger partial charge in [-0.1, -0.05) is 78.1 Å². The van der Waals surface area contributed by atoms with Crippen molar-refractivity contribution in [2.75, 3.05) is 18.0 Å². The number of hydrogen-bond acceptors (Lipinski definition) is 2. The van der Waals surface area contributed by atoms with E-state index in [2.05, 4.69) is 35.9 Å². The quantitative estimate of drug-likeness (QED) is 0.241. The minimum atomic E-state index is 0.628. The van der Waals surface area contributed by atoms with E-state index in [9.17, 15) is 0 Å². The Morgan fingerprint density at radius 2 is 1.12 bits per heavy atom. The summed E-state index contributed by atoms with van der Waals surface area (Å²) in [6.07, 6.45) is 16.0. The highest BCUT2D eigenvalue weighted by Gasteiger charge is 2.09. The molecule has 1 aromatic rings. The zero-order valence-corrected chi connectivity index (χ0v) is 16.6. The number of diazo groups is 1. The fourth-order valence-corrected chi connectivity index (χ4v) is 3.27. The summed E-state index contributed by atoms with van der Waals surface area (Å²) in [6, 6.07) is 7.96. The van der Waals surface area contributed by atoms with Gasteiger partial charge in [-0.3, -0.25) is 0 Å². The van der Waals surface area contributed by atoms with E-state index >= 15 is 0 Å². The van der Waals surface area contributed by atoms with E-state index in [0.717, 1.165) is 13.1 Å². The second-order valence-electron chi connectivity index (χ2n) is 7.14. The van der Waals surface area contributed by atoms with Gasteiger partial charge in [-0.05, 0) is 25.0 Å². The zero-order valence-electron chi connectivity index (χ0n) is 16.6. The maximum Gasteiger partial charge on any atom is 0.385 e. The number of benzene rings is 1. The molecule has 0 bridgehead atoms. The molecule has 0 saturated carbocycles. The van der Waals surface area contributed by atoms with Crippen LogP contribution in [-0.2, 0) is 0 Å². The standard InChI is InChI=1S/C22H38N3/c1-3-5-7-9-11-13-19-25(20-14-12-10-8-6-4-2)22-17-15-21(24-23)16-18-22/h15-18H,3-14,19-20H2,1-2H3/q+1. The van der Waals surface area contributed by atoms with Crippen molar-refractivity contribution in [3.05, 3.63) is 29.2 Å². The second-order valence-corrected chi connectivity index (χ2v) is 7.14. The molecule has 0 saturated heterocycles. The van der Waals surface area contributed by atoms with Crippen LogP contribution in [0.5, 0.6) is 0 Å². The first-order chi connectivity index (χ1) is 12.3. The summed E-state index contributed by atoms with van der Waals surface area (Å²) in [4.78, 5) is 5.78. The summed E-state index contributed by atoms with van der Waals surface area (Å²) in [5.41, 5.74) is 1.89. The first kappa shape index (κ1) is 21.5. The van der Waals surface area contributed by atoms with Crippen LogP contribution in [0.2, 0.25) is 0 Å². The minimum Gasteiger partial charge on any atom is -0.372 e. The fourth-order valence-electron chi connectivity index (χ4n) is 3.27. The molecule has 0 aromatic heterocycles. The second kappa shape index (κ2) is 14.8. The molecule has 3 heteroatoms. The molecular formula is C22H38N3+.